The lowest BCUT2D eigenvalue weighted by Crippen LogP contribution is -2.23. The van der Waals surface area contributed by atoms with Gasteiger partial charge in [-0.3, -0.25) is 0 Å². The molecule has 0 saturated heterocycles. The predicted octanol–water partition coefficient (Wildman–Crippen LogP) is 2.38. The van der Waals surface area contributed by atoms with Crippen molar-refractivity contribution in [2.45, 2.75) is 13.5 Å². The van der Waals surface area contributed by atoms with E-state index in [-0.39, 0.29) is 5.92 Å². The molecule has 0 aliphatic heterocycles. The average Bonchev–Trinajstić information content (AvgIpc) is 2.45. The number of carbonyl (C=O) groups is 1. The first-order valence-electron chi connectivity index (χ1n) is 6.62. The summed E-state index contributed by atoms with van der Waals surface area (Å²) in [5.74, 6) is -0.276. The van der Waals surface area contributed by atoms with Crippen molar-refractivity contribution in [3.63, 3.8) is 0 Å². The van der Waals surface area contributed by atoms with Gasteiger partial charge in [0.05, 0.1) is 19.1 Å². The zero-order chi connectivity index (χ0) is 15.8. The maximum absolute atomic E-state index is 10.6. The molecule has 0 aliphatic carbocycles. The molecule has 0 aromatic heterocycles. The Morgan fingerprint density at radius 2 is 2.29 bits per heavy atom. The van der Waals surface area contributed by atoms with Gasteiger partial charge in [0.1, 0.15) is 5.75 Å². The first-order valence-corrected chi connectivity index (χ1v) is 6.62. The maximum Gasteiger partial charge on any atom is 0.328 e. The Morgan fingerprint density at radius 3 is 2.86 bits per heavy atom. The Bertz CT molecular complexity index is 561. The zero-order valence-corrected chi connectivity index (χ0v) is 12.5. The Hall–Kier alpha value is -2.32. The van der Waals surface area contributed by atoms with E-state index in [9.17, 15) is 4.79 Å². The first-order chi connectivity index (χ1) is 9.96. The fourth-order valence-corrected chi connectivity index (χ4v) is 2.06. The third-order valence-corrected chi connectivity index (χ3v) is 2.97. The van der Waals surface area contributed by atoms with Gasteiger partial charge < -0.3 is 14.7 Å². The smallest absolute Gasteiger partial charge is 0.328 e. The second-order valence-electron chi connectivity index (χ2n) is 4.97. The quantitative estimate of drug-likeness (QED) is 0.780. The summed E-state index contributed by atoms with van der Waals surface area (Å²) in [5.41, 5.74) is 1.76. The molecular weight excluding hydrogens is 268 g/mol. The van der Waals surface area contributed by atoms with Gasteiger partial charge >= 0.3 is 5.97 Å². The minimum absolute atomic E-state index is 0.0453. The molecule has 5 nitrogen and oxygen atoms in total. The Balaban J connectivity index is 2.90. The molecule has 1 N–H and O–H groups in total. The van der Waals surface area contributed by atoms with E-state index in [2.05, 4.69) is 6.07 Å². The van der Waals surface area contributed by atoms with E-state index in [0.29, 0.717) is 13.1 Å². The molecule has 0 aliphatic rings. The molecule has 0 bridgehead atoms. The highest BCUT2D eigenvalue weighted by Gasteiger charge is 2.10. The van der Waals surface area contributed by atoms with Crippen molar-refractivity contribution in [1.82, 2.24) is 4.90 Å². The van der Waals surface area contributed by atoms with Crippen LogP contribution in [-0.4, -0.2) is 36.7 Å². The number of methoxy groups -OCH3 is 1. The molecule has 0 spiro atoms. The van der Waals surface area contributed by atoms with E-state index in [4.69, 9.17) is 15.1 Å². The van der Waals surface area contributed by atoms with Crippen LogP contribution in [0.15, 0.2) is 24.3 Å². The fraction of sp³-hybridized carbons (Fsp3) is 0.375. The van der Waals surface area contributed by atoms with Crippen LogP contribution in [0.2, 0.25) is 0 Å². The summed E-state index contributed by atoms with van der Waals surface area (Å²) < 4.78 is 5.33. The van der Waals surface area contributed by atoms with Crippen LogP contribution in [0, 0.1) is 17.2 Å². The second-order valence-corrected chi connectivity index (χ2v) is 4.97. The molecule has 112 valence electrons. The van der Waals surface area contributed by atoms with E-state index in [1.54, 1.807) is 19.3 Å². The lowest BCUT2D eigenvalue weighted by Gasteiger charge is -2.19. The number of carboxylic acids is 1. The Morgan fingerprint density at radius 1 is 1.57 bits per heavy atom. The topological polar surface area (TPSA) is 73.6 Å². The minimum Gasteiger partial charge on any atom is -0.496 e. The monoisotopic (exact) mass is 288 g/mol. The van der Waals surface area contributed by atoms with Gasteiger partial charge in [-0.1, -0.05) is 6.07 Å². The molecule has 0 radical (unpaired) electrons. The molecule has 1 aromatic carbocycles. The van der Waals surface area contributed by atoms with Crippen LogP contribution in [0.1, 0.15) is 18.1 Å². The van der Waals surface area contributed by atoms with Crippen molar-refractivity contribution in [2.75, 3.05) is 20.7 Å². The maximum atomic E-state index is 10.6. The van der Waals surface area contributed by atoms with Gasteiger partial charge in [-0.05, 0) is 37.7 Å². The molecule has 1 atom stereocenters. The Labute approximate surface area is 125 Å². The molecule has 0 fully saturated rings. The van der Waals surface area contributed by atoms with Crippen molar-refractivity contribution in [1.29, 1.82) is 5.26 Å². The van der Waals surface area contributed by atoms with Gasteiger partial charge in [-0.15, -0.1) is 0 Å². The van der Waals surface area contributed by atoms with Gasteiger partial charge in [-0.2, -0.15) is 5.26 Å². The molecule has 21 heavy (non-hydrogen) atoms. The summed E-state index contributed by atoms with van der Waals surface area (Å²) in [5, 5.41) is 17.5. The van der Waals surface area contributed by atoms with Gasteiger partial charge in [0.15, 0.2) is 0 Å². The third kappa shape index (κ3) is 5.67. The largest absolute Gasteiger partial charge is 0.496 e. The van der Waals surface area contributed by atoms with Crippen LogP contribution < -0.4 is 4.74 Å². The van der Waals surface area contributed by atoms with E-state index >= 15 is 0 Å². The normalized spacial score (nSPS) is 12.3. The van der Waals surface area contributed by atoms with Crippen LogP contribution in [0.25, 0.3) is 6.08 Å². The average molecular weight is 288 g/mol. The van der Waals surface area contributed by atoms with Crippen molar-refractivity contribution < 1.29 is 14.6 Å². The number of nitriles is 1. The molecule has 0 saturated carbocycles. The van der Waals surface area contributed by atoms with E-state index in [1.807, 2.05) is 31.0 Å². The van der Waals surface area contributed by atoms with E-state index in [1.165, 1.54) is 0 Å². The summed E-state index contributed by atoms with van der Waals surface area (Å²) in [6.07, 6.45) is 2.65. The molecule has 1 rings (SSSR count). The van der Waals surface area contributed by atoms with Crippen LogP contribution in [-0.2, 0) is 11.3 Å². The number of rotatable bonds is 7. The SMILES string of the molecule is COc1ccc(C=CC(=O)O)cc1CN(C)CC(C)C#N. The first kappa shape index (κ1) is 16.7. The minimum atomic E-state index is -0.979. The number of hydrogen-bond acceptors (Lipinski definition) is 4. The zero-order valence-electron chi connectivity index (χ0n) is 12.5. The summed E-state index contributed by atoms with van der Waals surface area (Å²) >= 11 is 0. The molecule has 0 amide bonds. The Kier molecular flexibility index (Phi) is 6.44. The number of carboxylic acid groups (broad SMARTS) is 1. The summed E-state index contributed by atoms with van der Waals surface area (Å²) in [4.78, 5) is 12.6. The number of nitrogens with zero attached hydrogens (tertiary/aromatic N) is 2. The van der Waals surface area contributed by atoms with Crippen molar-refractivity contribution >= 4 is 12.0 Å². The number of benzene rings is 1. The van der Waals surface area contributed by atoms with Crippen molar-refractivity contribution in [3.8, 4) is 11.8 Å². The van der Waals surface area contributed by atoms with Gasteiger partial charge in [0.2, 0.25) is 0 Å². The second kappa shape index (κ2) is 8.08. The van der Waals surface area contributed by atoms with Crippen molar-refractivity contribution in [2.24, 2.45) is 5.92 Å². The molecule has 1 unspecified atom stereocenters. The number of ether oxygens (including phenoxy) is 1. The van der Waals surface area contributed by atoms with Crippen molar-refractivity contribution in [3.05, 3.63) is 35.4 Å². The summed E-state index contributed by atoms with van der Waals surface area (Å²) in [6.45, 7) is 3.17. The van der Waals surface area contributed by atoms with Gasteiger partial charge in [0, 0.05) is 24.7 Å². The lowest BCUT2D eigenvalue weighted by molar-refractivity contribution is -0.131. The molecule has 0 heterocycles. The van der Waals surface area contributed by atoms with E-state index < -0.39 is 5.97 Å². The number of aliphatic carboxylic acids is 1. The number of hydrogen-bond donors (Lipinski definition) is 1. The highest BCUT2D eigenvalue weighted by Crippen LogP contribution is 2.22. The van der Waals surface area contributed by atoms with Gasteiger partial charge in [-0.25, -0.2) is 4.79 Å². The lowest BCUT2D eigenvalue weighted by atomic mass is 10.1. The summed E-state index contributed by atoms with van der Waals surface area (Å²) in [6, 6.07) is 7.72. The summed E-state index contributed by atoms with van der Waals surface area (Å²) in [7, 11) is 3.54. The third-order valence-electron chi connectivity index (χ3n) is 2.97. The van der Waals surface area contributed by atoms with Crippen LogP contribution in [0.5, 0.6) is 5.75 Å². The van der Waals surface area contributed by atoms with Crippen LogP contribution >= 0.6 is 0 Å². The predicted molar refractivity (Wildman–Crippen MR) is 80.8 cm³/mol. The molecule has 1 aromatic rings. The highest BCUT2D eigenvalue weighted by molar-refractivity contribution is 5.85. The fourth-order valence-electron chi connectivity index (χ4n) is 2.06. The molecule has 5 heteroatoms. The standard InChI is InChI=1S/C16H20N2O3/c1-12(9-17)10-18(2)11-14-8-13(5-7-16(19)20)4-6-15(14)21-3/h4-8,12H,10-11H2,1-3H3,(H,19,20). The van der Waals surface area contributed by atoms with Gasteiger partial charge in [0.25, 0.3) is 0 Å². The molecular formula is C16H20N2O3. The highest BCUT2D eigenvalue weighted by atomic mass is 16.5. The van der Waals surface area contributed by atoms with Crippen LogP contribution in [0.3, 0.4) is 0 Å². The van der Waals surface area contributed by atoms with Crippen LogP contribution in [0.4, 0.5) is 0 Å². The van der Waals surface area contributed by atoms with E-state index in [0.717, 1.165) is 23.0 Å².